The van der Waals surface area contributed by atoms with Gasteiger partial charge in [-0.05, 0) is 26.0 Å². The maximum Gasteiger partial charge on any atom is 0.341 e. The lowest BCUT2D eigenvalue weighted by atomic mass is 10.2. The van der Waals surface area contributed by atoms with Crippen molar-refractivity contribution >= 4 is 16.0 Å². The summed E-state index contributed by atoms with van der Waals surface area (Å²) in [5.74, 6) is -4.87. The van der Waals surface area contributed by atoms with Crippen molar-refractivity contribution in [3.8, 4) is 0 Å². The van der Waals surface area contributed by atoms with Gasteiger partial charge in [-0.3, -0.25) is 0 Å². The lowest BCUT2D eigenvalue weighted by Gasteiger charge is -2.14. The van der Waals surface area contributed by atoms with Crippen molar-refractivity contribution < 1.29 is 31.8 Å². The number of carboxylic acids is 1. The Morgan fingerprint density at radius 2 is 2.05 bits per heavy atom. The molecule has 0 amide bonds. The minimum atomic E-state index is -4.31. The molecule has 9 heteroatoms. The summed E-state index contributed by atoms with van der Waals surface area (Å²) in [6.07, 6.45) is -0.452. The Kier molecular flexibility index (Phi) is 5.76. The van der Waals surface area contributed by atoms with Crippen molar-refractivity contribution in [3.05, 3.63) is 29.3 Å². The molecule has 0 aromatic heterocycles. The second kappa shape index (κ2) is 6.92. The number of aromatic carboxylic acids is 1. The quantitative estimate of drug-likeness (QED) is 0.790. The van der Waals surface area contributed by atoms with E-state index >= 15 is 0 Å². The molecule has 118 valence electrons. The van der Waals surface area contributed by atoms with Crippen molar-refractivity contribution in [1.29, 1.82) is 0 Å². The molecule has 1 aromatic rings. The van der Waals surface area contributed by atoms with Gasteiger partial charge in [-0.1, -0.05) is 0 Å². The summed E-state index contributed by atoms with van der Waals surface area (Å²) >= 11 is 0. The van der Waals surface area contributed by atoms with Gasteiger partial charge in [0.05, 0.1) is 6.10 Å². The minimum Gasteiger partial charge on any atom is -0.477 e. The standard InChI is InChI=1S/C12H15F2NO5S/c1-3-20-7(2)6-15-21(18,19)9-5-4-8(13)10(11(9)14)12(16)17/h4-5,7,15H,3,6H2,1-2H3,(H,16,17). The monoisotopic (exact) mass is 323 g/mol. The van der Waals surface area contributed by atoms with Gasteiger partial charge in [0.15, 0.2) is 5.82 Å². The Balaban J connectivity index is 3.10. The molecule has 2 N–H and O–H groups in total. The first-order valence-corrected chi connectivity index (χ1v) is 7.51. The average molecular weight is 323 g/mol. The third-order valence-corrected chi connectivity index (χ3v) is 4.01. The lowest BCUT2D eigenvalue weighted by molar-refractivity contribution is 0.0685. The molecule has 0 heterocycles. The van der Waals surface area contributed by atoms with E-state index in [9.17, 15) is 22.0 Å². The van der Waals surface area contributed by atoms with Crippen molar-refractivity contribution in [2.45, 2.75) is 24.8 Å². The Labute approximate surface area is 120 Å². The van der Waals surface area contributed by atoms with E-state index in [1.807, 2.05) is 0 Å². The van der Waals surface area contributed by atoms with Crippen molar-refractivity contribution in [3.63, 3.8) is 0 Å². The second-order valence-corrected chi connectivity index (χ2v) is 5.89. The minimum absolute atomic E-state index is 0.130. The van der Waals surface area contributed by atoms with Crippen LogP contribution in [0.5, 0.6) is 0 Å². The molecule has 21 heavy (non-hydrogen) atoms. The number of sulfonamides is 1. The highest BCUT2D eigenvalue weighted by molar-refractivity contribution is 7.89. The fourth-order valence-electron chi connectivity index (χ4n) is 1.59. The van der Waals surface area contributed by atoms with Crippen LogP contribution < -0.4 is 4.72 Å². The molecule has 0 fully saturated rings. The highest BCUT2D eigenvalue weighted by Crippen LogP contribution is 2.21. The molecule has 1 aromatic carbocycles. The van der Waals surface area contributed by atoms with Gasteiger partial charge in [0.1, 0.15) is 16.3 Å². The first kappa shape index (κ1) is 17.5. The molecule has 6 nitrogen and oxygen atoms in total. The summed E-state index contributed by atoms with van der Waals surface area (Å²) < 4.78 is 58.1. The Morgan fingerprint density at radius 3 is 2.57 bits per heavy atom. The number of carbonyl (C=O) groups is 1. The molecule has 0 aliphatic carbocycles. The zero-order chi connectivity index (χ0) is 16.2. The van der Waals surface area contributed by atoms with Crippen LogP contribution in [0.15, 0.2) is 17.0 Å². The third kappa shape index (κ3) is 4.19. The van der Waals surface area contributed by atoms with E-state index in [-0.39, 0.29) is 6.54 Å². The number of benzene rings is 1. The van der Waals surface area contributed by atoms with Crippen LogP contribution in [0.25, 0.3) is 0 Å². The Hall–Kier alpha value is -1.58. The average Bonchev–Trinajstić information content (AvgIpc) is 2.36. The van der Waals surface area contributed by atoms with Gasteiger partial charge in [-0.25, -0.2) is 26.7 Å². The summed E-state index contributed by atoms with van der Waals surface area (Å²) in [6, 6.07) is 1.26. The van der Waals surface area contributed by atoms with Gasteiger partial charge in [0, 0.05) is 13.2 Å². The van der Waals surface area contributed by atoms with Crippen LogP contribution in [0, 0.1) is 11.6 Å². The largest absolute Gasteiger partial charge is 0.477 e. The van der Waals surface area contributed by atoms with E-state index in [1.54, 1.807) is 13.8 Å². The van der Waals surface area contributed by atoms with Crippen LogP contribution >= 0.6 is 0 Å². The van der Waals surface area contributed by atoms with Crippen LogP contribution in [0.2, 0.25) is 0 Å². The van der Waals surface area contributed by atoms with Crippen molar-refractivity contribution in [2.75, 3.05) is 13.2 Å². The smallest absolute Gasteiger partial charge is 0.341 e. The van der Waals surface area contributed by atoms with E-state index in [0.29, 0.717) is 18.7 Å². The number of hydrogen-bond donors (Lipinski definition) is 2. The number of halogens is 2. The van der Waals surface area contributed by atoms with Gasteiger partial charge >= 0.3 is 5.97 Å². The fraction of sp³-hybridized carbons (Fsp3) is 0.417. The third-order valence-electron chi connectivity index (χ3n) is 2.57. The SMILES string of the molecule is CCOC(C)CNS(=O)(=O)c1ccc(F)c(C(=O)O)c1F. The van der Waals surface area contributed by atoms with E-state index < -0.39 is 44.2 Å². The molecule has 1 unspecified atom stereocenters. The van der Waals surface area contributed by atoms with E-state index in [0.717, 1.165) is 0 Å². The van der Waals surface area contributed by atoms with E-state index in [2.05, 4.69) is 4.72 Å². The highest BCUT2D eigenvalue weighted by atomic mass is 32.2. The second-order valence-electron chi connectivity index (χ2n) is 4.16. The number of carboxylic acid groups (broad SMARTS) is 1. The van der Waals surface area contributed by atoms with Gasteiger partial charge in [0.25, 0.3) is 0 Å². The first-order chi connectivity index (χ1) is 9.70. The van der Waals surface area contributed by atoms with Crippen LogP contribution in [0.4, 0.5) is 8.78 Å². The molecular formula is C12H15F2NO5S. The summed E-state index contributed by atoms with van der Waals surface area (Å²) in [6.45, 7) is 3.58. The van der Waals surface area contributed by atoms with Crippen LogP contribution in [0.3, 0.4) is 0 Å². The molecule has 0 aliphatic rings. The van der Waals surface area contributed by atoms with Gasteiger partial charge in [-0.2, -0.15) is 0 Å². The number of rotatable bonds is 7. The topological polar surface area (TPSA) is 92.7 Å². The molecule has 1 atom stereocenters. The van der Waals surface area contributed by atoms with Gasteiger partial charge in [-0.15, -0.1) is 0 Å². The number of ether oxygens (including phenoxy) is 1. The van der Waals surface area contributed by atoms with Gasteiger partial charge in [0.2, 0.25) is 10.0 Å². The lowest BCUT2D eigenvalue weighted by Crippen LogP contribution is -2.33. The van der Waals surface area contributed by atoms with E-state index in [1.165, 1.54) is 0 Å². The summed E-state index contributed by atoms with van der Waals surface area (Å²) in [4.78, 5) is 9.83. The normalized spacial score (nSPS) is 13.1. The maximum atomic E-state index is 13.9. The van der Waals surface area contributed by atoms with E-state index in [4.69, 9.17) is 9.84 Å². The molecule has 0 saturated carbocycles. The molecule has 0 bridgehead atoms. The fourth-order valence-corrected chi connectivity index (χ4v) is 2.78. The van der Waals surface area contributed by atoms with Crippen LogP contribution in [-0.2, 0) is 14.8 Å². The van der Waals surface area contributed by atoms with Crippen molar-refractivity contribution in [1.82, 2.24) is 4.72 Å². The molecule has 1 rings (SSSR count). The maximum absolute atomic E-state index is 13.9. The van der Waals surface area contributed by atoms with Crippen LogP contribution in [0.1, 0.15) is 24.2 Å². The van der Waals surface area contributed by atoms with Gasteiger partial charge < -0.3 is 9.84 Å². The molecule has 0 radical (unpaired) electrons. The first-order valence-electron chi connectivity index (χ1n) is 6.03. The number of nitrogens with one attached hydrogen (secondary N) is 1. The predicted molar refractivity (Wildman–Crippen MR) is 69.6 cm³/mol. The molecule has 0 aliphatic heterocycles. The summed E-state index contributed by atoms with van der Waals surface area (Å²) in [5.41, 5.74) is -1.31. The summed E-state index contributed by atoms with van der Waals surface area (Å²) in [5, 5.41) is 8.71. The highest BCUT2D eigenvalue weighted by Gasteiger charge is 2.27. The molecule has 0 saturated heterocycles. The van der Waals surface area contributed by atoms with Crippen LogP contribution in [-0.4, -0.2) is 38.7 Å². The zero-order valence-corrected chi connectivity index (χ0v) is 12.2. The number of hydrogen-bond acceptors (Lipinski definition) is 4. The Morgan fingerprint density at radius 1 is 1.43 bits per heavy atom. The van der Waals surface area contributed by atoms with Crippen molar-refractivity contribution in [2.24, 2.45) is 0 Å². The predicted octanol–water partition coefficient (Wildman–Crippen LogP) is 1.37. The molecular weight excluding hydrogens is 308 g/mol. The Bertz CT molecular complexity index is 633. The zero-order valence-electron chi connectivity index (χ0n) is 11.4. The molecule has 0 spiro atoms. The summed E-state index contributed by atoms with van der Waals surface area (Å²) in [7, 11) is -4.31.